The van der Waals surface area contributed by atoms with Gasteiger partial charge in [0.25, 0.3) is 5.91 Å². The molecular formula is C29H42N8O4. The summed E-state index contributed by atoms with van der Waals surface area (Å²) >= 11 is 0. The summed E-state index contributed by atoms with van der Waals surface area (Å²) in [5.41, 5.74) is 8.23. The Hall–Kier alpha value is -3.93. The molecule has 0 bridgehead atoms. The van der Waals surface area contributed by atoms with E-state index in [-0.39, 0.29) is 17.4 Å². The van der Waals surface area contributed by atoms with Crippen molar-refractivity contribution in [1.82, 2.24) is 29.1 Å². The number of nitrogens with zero attached hydrogens (tertiary/aromatic N) is 6. The van der Waals surface area contributed by atoms with E-state index in [0.717, 1.165) is 38.0 Å². The molecule has 2 aromatic heterocycles. The molecule has 1 fully saturated rings. The van der Waals surface area contributed by atoms with Crippen molar-refractivity contribution in [2.75, 3.05) is 45.2 Å². The molecule has 0 radical (unpaired) electrons. The quantitative estimate of drug-likeness (QED) is 0.303. The Kier molecular flexibility index (Phi) is 9.98. The molecule has 3 aromatic rings. The lowest BCUT2D eigenvalue weighted by Gasteiger charge is -2.28. The van der Waals surface area contributed by atoms with Crippen molar-refractivity contribution in [2.45, 2.75) is 66.0 Å². The fraction of sp³-hybridized carbons (Fsp3) is 0.552. The summed E-state index contributed by atoms with van der Waals surface area (Å²) in [7, 11) is 1.81. The number of primary amides is 1. The Labute approximate surface area is 240 Å². The number of hydrogen-bond donors (Lipinski definition) is 2. The summed E-state index contributed by atoms with van der Waals surface area (Å²) in [5, 5.41) is 7.29. The lowest BCUT2D eigenvalue weighted by Crippen LogP contribution is -2.41. The Balaban J connectivity index is 1.51. The highest BCUT2D eigenvalue weighted by Gasteiger charge is 2.22. The van der Waals surface area contributed by atoms with E-state index >= 15 is 0 Å². The maximum atomic E-state index is 13.2. The van der Waals surface area contributed by atoms with Gasteiger partial charge in [-0.05, 0) is 70.8 Å². The molecule has 0 atom stereocenters. The van der Waals surface area contributed by atoms with Crippen molar-refractivity contribution in [1.29, 1.82) is 0 Å². The Morgan fingerprint density at radius 3 is 2.56 bits per heavy atom. The summed E-state index contributed by atoms with van der Waals surface area (Å²) in [6.07, 6.45) is 4.91. The monoisotopic (exact) mass is 566 g/mol. The van der Waals surface area contributed by atoms with Crippen molar-refractivity contribution >= 4 is 34.7 Å². The van der Waals surface area contributed by atoms with Crippen LogP contribution in [0.2, 0.25) is 0 Å². The molecule has 4 rings (SSSR count). The van der Waals surface area contributed by atoms with Crippen LogP contribution in [0.4, 0.5) is 5.95 Å². The molecule has 12 heteroatoms. The van der Waals surface area contributed by atoms with Gasteiger partial charge in [0.1, 0.15) is 17.0 Å². The average Bonchev–Trinajstić information content (AvgIpc) is 3.51. The number of piperidine rings is 1. The summed E-state index contributed by atoms with van der Waals surface area (Å²) < 4.78 is 9.71. The maximum absolute atomic E-state index is 13.2. The van der Waals surface area contributed by atoms with Gasteiger partial charge < -0.3 is 19.9 Å². The number of likely N-dealkylation sites (N-methyl/N-ethyl adjacent to an activating group) is 1. The number of fused-ring (bicyclic) bond motifs is 1. The number of carbonyl (C=O) groups is 3. The highest BCUT2D eigenvalue weighted by Crippen LogP contribution is 2.31. The number of carbonyl (C=O) groups excluding carboxylic acids is 3. The second-order valence-electron chi connectivity index (χ2n) is 10.6. The normalized spacial score (nSPS) is 13.9. The van der Waals surface area contributed by atoms with Crippen molar-refractivity contribution in [3.63, 3.8) is 0 Å². The lowest BCUT2D eigenvalue weighted by molar-refractivity contribution is -0.131. The standard InChI is InChI=1S/C29H42N8O4/c1-5-11-36-26-22(31-29(36)32-28(40)23-16-20(3)33-37(23)6-2)17-21(27(30)39)18-24(26)41-15-10-12-34(4)25(38)19-35-13-8-7-9-14-35/h16-18H,5-15,19H2,1-4H3,(H2,30,39)(H,31,32,40). The molecule has 1 aliphatic heterocycles. The number of imidazole rings is 1. The summed E-state index contributed by atoms with van der Waals surface area (Å²) in [5.74, 6) is -0.0175. The summed E-state index contributed by atoms with van der Waals surface area (Å²) in [4.78, 5) is 46.6. The van der Waals surface area contributed by atoms with E-state index in [1.165, 1.54) is 6.42 Å². The number of nitrogens with two attached hydrogens (primary N) is 1. The van der Waals surface area contributed by atoms with E-state index in [9.17, 15) is 14.4 Å². The van der Waals surface area contributed by atoms with Gasteiger partial charge in [-0.2, -0.15) is 5.10 Å². The largest absolute Gasteiger partial charge is 0.491 e. The Bertz CT molecular complexity index is 1390. The molecule has 3 heterocycles. The third kappa shape index (κ3) is 7.24. The smallest absolute Gasteiger partial charge is 0.276 e. The SMILES string of the molecule is CCCn1c(NC(=O)c2cc(C)nn2CC)nc2cc(C(N)=O)cc(OCCCN(C)C(=O)CN3CCCCC3)c21. The van der Waals surface area contributed by atoms with E-state index in [1.54, 1.807) is 27.8 Å². The highest BCUT2D eigenvalue weighted by molar-refractivity contribution is 6.04. The van der Waals surface area contributed by atoms with Gasteiger partial charge in [-0.3, -0.25) is 29.3 Å². The van der Waals surface area contributed by atoms with Crippen LogP contribution < -0.4 is 15.8 Å². The first-order valence-electron chi connectivity index (χ1n) is 14.5. The number of nitrogens with one attached hydrogen (secondary N) is 1. The molecule has 0 unspecified atom stereocenters. The lowest BCUT2D eigenvalue weighted by atomic mass is 10.1. The minimum atomic E-state index is -0.599. The fourth-order valence-corrected chi connectivity index (χ4v) is 5.19. The van der Waals surface area contributed by atoms with Gasteiger partial charge in [-0.1, -0.05) is 13.3 Å². The first-order chi connectivity index (χ1) is 19.7. The van der Waals surface area contributed by atoms with E-state index in [2.05, 4.69) is 20.3 Å². The summed E-state index contributed by atoms with van der Waals surface area (Å²) in [6.45, 7) is 10.2. The minimum absolute atomic E-state index is 0.103. The molecule has 0 aliphatic carbocycles. The molecule has 222 valence electrons. The van der Waals surface area contributed by atoms with Crippen LogP contribution in [0.3, 0.4) is 0 Å². The van der Waals surface area contributed by atoms with Gasteiger partial charge in [0.05, 0.1) is 24.4 Å². The molecule has 3 N–H and O–H groups in total. The fourth-order valence-electron chi connectivity index (χ4n) is 5.19. The van der Waals surface area contributed by atoms with Crippen molar-refractivity contribution in [3.05, 3.63) is 35.2 Å². The van der Waals surface area contributed by atoms with Crippen molar-refractivity contribution < 1.29 is 19.1 Å². The number of anilines is 1. The number of likely N-dealkylation sites (tertiary alicyclic amines) is 1. The Morgan fingerprint density at radius 1 is 1.12 bits per heavy atom. The maximum Gasteiger partial charge on any atom is 0.276 e. The van der Waals surface area contributed by atoms with Crippen LogP contribution in [0, 0.1) is 6.92 Å². The van der Waals surface area contributed by atoms with Gasteiger partial charge in [-0.25, -0.2) is 4.98 Å². The molecular weight excluding hydrogens is 524 g/mol. The molecule has 0 spiro atoms. The van der Waals surface area contributed by atoms with Crippen molar-refractivity contribution in [3.8, 4) is 5.75 Å². The molecule has 1 aromatic carbocycles. The number of amides is 3. The van der Waals surface area contributed by atoms with Crippen LogP contribution in [-0.4, -0.2) is 86.7 Å². The number of ether oxygens (including phenoxy) is 1. The summed E-state index contributed by atoms with van der Waals surface area (Å²) in [6, 6.07) is 4.96. The molecule has 1 saturated heterocycles. The van der Waals surface area contributed by atoms with E-state index in [1.807, 2.05) is 32.4 Å². The molecule has 12 nitrogen and oxygen atoms in total. The third-order valence-corrected chi connectivity index (χ3v) is 7.33. The zero-order valence-corrected chi connectivity index (χ0v) is 24.6. The van der Waals surface area contributed by atoms with Crippen LogP contribution in [0.1, 0.15) is 72.5 Å². The van der Waals surface area contributed by atoms with E-state index in [0.29, 0.717) is 67.6 Å². The number of aromatic nitrogens is 4. The molecule has 1 aliphatic rings. The van der Waals surface area contributed by atoms with Gasteiger partial charge in [0, 0.05) is 32.2 Å². The molecule has 0 saturated carbocycles. The van der Waals surface area contributed by atoms with Crippen molar-refractivity contribution in [2.24, 2.45) is 5.73 Å². The third-order valence-electron chi connectivity index (χ3n) is 7.33. The predicted octanol–water partition coefficient (Wildman–Crippen LogP) is 3.04. The first-order valence-corrected chi connectivity index (χ1v) is 14.5. The zero-order chi connectivity index (χ0) is 29.5. The zero-order valence-electron chi connectivity index (χ0n) is 24.6. The number of aryl methyl sites for hydroxylation is 3. The van der Waals surface area contributed by atoms with Gasteiger partial charge in [-0.15, -0.1) is 0 Å². The predicted molar refractivity (Wildman–Crippen MR) is 157 cm³/mol. The second kappa shape index (κ2) is 13.6. The van der Waals surface area contributed by atoms with Gasteiger partial charge in [0.2, 0.25) is 17.8 Å². The van der Waals surface area contributed by atoms with Crippen LogP contribution in [-0.2, 0) is 17.9 Å². The number of benzene rings is 1. The van der Waals surface area contributed by atoms with E-state index < -0.39 is 5.91 Å². The Morgan fingerprint density at radius 2 is 1.88 bits per heavy atom. The topological polar surface area (TPSA) is 141 Å². The van der Waals surface area contributed by atoms with Gasteiger partial charge in [0.15, 0.2) is 0 Å². The van der Waals surface area contributed by atoms with Crippen LogP contribution in [0.15, 0.2) is 18.2 Å². The first kappa shape index (κ1) is 30.0. The highest BCUT2D eigenvalue weighted by atomic mass is 16.5. The number of rotatable bonds is 13. The molecule has 3 amide bonds. The van der Waals surface area contributed by atoms with Crippen LogP contribution >= 0.6 is 0 Å². The number of hydrogen-bond acceptors (Lipinski definition) is 7. The second-order valence-corrected chi connectivity index (χ2v) is 10.6. The van der Waals surface area contributed by atoms with E-state index in [4.69, 9.17) is 10.5 Å². The minimum Gasteiger partial charge on any atom is -0.491 e. The average molecular weight is 567 g/mol. The van der Waals surface area contributed by atoms with Crippen LogP contribution in [0.25, 0.3) is 11.0 Å². The van der Waals surface area contributed by atoms with Crippen LogP contribution in [0.5, 0.6) is 5.75 Å². The van der Waals surface area contributed by atoms with Gasteiger partial charge >= 0.3 is 0 Å². The molecule has 41 heavy (non-hydrogen) atoms.